The van der Waals surface area contributed by atoms with Crippen molar-refractivity contribution in [3.63, 3.8) is 0 Å². The molecule has 1 saturated carbocycles. The zero-order valence-electron chi connectivity index (χ0n) is 19.5. The summed E-state index contributed by atoms with van der Waals surface area (Å²) in [5, 5.41) is 0. The van der Waals surface area contributed by atoms with E-state index in [1.165, 1.54) is 0 Å². The van der Waals surface area contributed by atoms with Gasteiger partial charge in [-0.05, 0) is 55.5 Å². The minimum atomic E-state index is -0.0609. The summed E-state index contributed by atoms with van der Waals surface area (Å²) in [5.74, 6) is 1.53. The second kappa shape index (κ2) is 9.75. The van der Waals surface area contributed by atoms with Crippen LogP contribution in [-0.4, -0.2) is 34.6 Å². The normalized spacial score (nSPS) is 15.6. The predicted octanol–water partition coefficient (Wildman–Crippen LogP) is 4.29. The SMILES string of the molecule is Cc1cc(OC2CN(C(=O)CCc3cccc(OCc4ccccc4)c3)C2)cc(=O)n1C1CC1. The van der Waals surface area contributed by atoms with Gasteiger partial charge in [-0.3, -0.25) is 9.59 Å². The van der Waals surface area contributed by atoms with Crippen LogP contribution < -0.4 is 15.0 Å². The number of carbonyl (C=O) groups excluding carboxylic acids is 1. The summed E-state index contributed by atoms with van der Waals surface area (Å²) in [5.41, 5.74) is 3.14. The van der Waals surface area contributed by atoms with Gasteiger partial charge < -0.3 is 18.9 Å². The lowest BCUT2D eigenvalue weighted by atomic mass is 10.1. The Kier molecular flexibility index (Phi) is 6.39. The van der Waals surface area contributed by atoms with Crippen molar-refractivity contribution in [3.8, 4) is 11.5 Å². The van der Waals surface area contributed by atoms with Crippen molar-refractivity contribution < 1.29 is 14.3 Å². The maximum Gasteiger partial charge on any atom is 0.254 e. The Balaban J connectivity index is 1.07. The summed E-state index contributed by atoms with van der Waals surface area (Å²) in [6, 6.07) is 21.8. The zero-order valence-corrected chi connectivity index (χ0v) is 19.5. The fraction of sp³-hybridized carbons (Fsp3) is 0.357. The van der Waals surface area contributed by atoms with Gasteiger partial charge in [0.15, 0.2) is 0 Å². The minimum Gasteiger partial charge on any atom is -0.489 e. The number of pyridine rings is 1. The van der Waals surface area contributed by atoms with E-state index in [0.717, 1.165) is 35.4 Å². The van der Waals surface area contributed by atoms with Crippen LogP contribution in [0.4, 0.5) is 0 Å². The van der Waals surface area contributed by atoms with E-state index >= 15 is 0 Å². The number of aromatic nitrogens is 1. The number of carbonyl (C=O) groups is 1. The van der Waals surface area contributed by atoms with E-state index in [9.17, 15) is 9.59 Å². The van der Waals surface area contributed by atoms with E-state index in [4.69, 9.17) is 9.47 Å². The first kappa shape index (κ1) is 22.3. The molecule has 0 radical (unpaired) electrons. The average Bonchev–Trinajstić information content (AvgIpc) is 3.64. The Hall–Kier alpha value is -3.54. The van der Waals surface area contributed by atoms with Gasteiger partial charge in [0, 0.05) is 24.2 Å². The van der Waals surface area contributed by atoms with Crippen LogP contribution in [0, 0.1) is 6.92 Å². The van der Waals surface area contributed by atoms with E-state index in [1.54, 1.807) is 6.07 Å². The average molecular weight is 459 g/mol. The van der Waals surface area contributed by atoms with Crippen molar-refractivity contribution in [2.24, 2.45) is 0 Å². The van der Waals surface area contributed by atoms with Crippen molar-refractivity contribution in [3.05, 3.63) is 93.9 Å². The van der Waals surface area contributed by atoms with E-state index < -0.39 is 0 Å². The van der Waals surface area contributed by atoms with Gasteiger partial charge in [-0.25, -0.2) is 0 Å². The number of aryl methyl sites for hydroxylation is 2. The second-order valence-electron chi connectivity index (χ2n) is 9.23. The molecule has 1 aliphatic heterocycles. The van der Waals surface area contributed by atoms with Gasteiger partial charge in [-0.2, -0.15) is 0 Å². The third-order valence-corrected chi connectivity index (χ3v) is 6.42. The highest BCUT2D eigenvalue weighted by atomic mass is 16.5. The quantitative estimate of drug-likeness (QED) is 0.480. The molecule has 5 rings (SSSR count). The highest BCUT2D eigenvalue weighted by molar-refractivity contribution is 5.77. The number of ether oxygens (including phenoxy) is 2. The first-order valence-corrected chi connectivity index (χ1v) is 12.0. The molecular formula is C28H30N2O4. The molecule has 0 spiro atoms. The molecule has 2 aliphatic rings. The van der Waals surface area contributed by atoms with E-state index in [2.05, 4.69) is 0 Å². The van der Waals surface area contributed by atoms with Crippen molar-refractivity contribution in [2.75, 3.05) is 13.1 Å². The maximum absolute atomic E-state index is 12.6. The molecule has 0 unspecified atom stereocenters. The molecule has 1 aromatic heterocycles. The number of hydrogen-bond donors (Lipinski definition) is 0. The third kappa shape index (κ3) is 5.33. The molecule has 1 saturated heterocycles. The van der Waals surface area contributed by atoms with Crippen LogP contribution in [0.1, 0.15) is 42.1 Å². The summed E-state index contributed by atoms with van der Waals surface area (Å²) in [6.45, 7) is 3.59. The Morgan fingerprint density at radius 3 is 2.44 bits per heavy atom. The molecule has 0 atom stereocenters. The van der Waals surface area contributed by atoms with Crippen LogP contribution in [0.5, 0.6) is 11.5 Å². The largest absolute Gasteiger partial charge is 0.489 e. The standard InChI is InChI=1S/C28H30N2O4/c1-20-14-25(16-28(32)30(20)23-11-12-23)34-26-17-29(18-26)27(31)13-10-21-8-5-9-24(15-21)33-19-22-6-3-2-4-7-22/h2-9,14-16,23,26H,10-13,17-19H2,1H3. The molecule has 2 heterocycles. The van der Waals surface area contributed by atoms with E-state index in [1.807, 2.05) is 77.1 Å². The summed E-state index contributed by atoms with van der Waals surface area (Å²) in [6.07, 6.45) is 3.21. The number of rotatable bonds is 9. The topological polar surface area (TPSA) is 60.8 Å². The van der Waals surface area contributed by atoms with Gasteiger partial charge in [0.25, 0.3) is 5.56 Å². The molecule has 176 valence electrons. The van der Waals surface area contributed by atoms with Crippen LogP contribution in [0.15, 0.2) is 71.5 Å². The van der Waals surface area contributed by atoms with Gasteiger partial charge in [0.2, 0.25) is 5.91 Å². The second-order valence-corrected chi connectivity index (χ2v) is 9.23. The molecular weight excluding hydrogens is 428 g/mol. The number of amides is 1. The fourth-order valence-electron chi connectivity index (χ4n) is 4.40. The van der Waals surface area contributed by atoms with Crippen molar-refractivity contribution in [2.45, 2.75) is 51.4 Å². The Morgan fingerprint density at radius 1 is 0.941 bits per heavy atom. The monoisotopic (exact) mass is 458 g/mol. The van der Waals surface area contributed by atoms with Crippen LogP contribution in [0.3, 0.4) is 0 Å². The van der Waals surface area contributed by atoms with Crippen LogP contribution in [-0.2, 0) is 17.8 Å². The molecule has 2 aromatic carbocycles. The summed E-state index contributed by atoms with van der Waals surface area (Å²) in [7, 11) is 0. The minimum absolute atomic E-state index is 0.000246. The summed E-state index contributed by atoms with van der Waals surface area (Å²) < 4.78 is 13.7. The molecule has 3 aromatic rings. The summed E-state index contributed by atoms with van der Waals surface area (Å²) in [4.78, 5) is 26.8. The molecule has 6 nitrogen and oxygen atoms in total. The highest BCUT2D eigenvalue weighted by Crippen LogP contribution is 2.35. The van der Waals surface area contributed by atoms with Crippen LogP contribution in [0.2, 0.25) is 0 Å². The van der Waals surface area contributed by atoms with Crippen molar-refractivity contribution >= 4 is 5.91 Å². The van der Waals surface area contributed by atoms with Crippen LogP contribution in [0.25, 0.3) is 0 Å². The lowest BCUT2D eigenvalue weighted by Gasteiger charge is -2.39. The van der Waals surface area contributed by atoms with Crippen molar-refractivity contribution in [1.29, 1.82) is 0 Å². The smallest absolute Gasteiger partial charge is 0.254 e. The van der Waals surface area contributed by atoms with Gasteiger partial charge in [-0.1, -0.05) is 42.5 Å². The van der Waals surface area contributed by atoms with E-state index in [0.29, 0.717) is 44.3 Å². The molecule has 0 bridgehead atoms. The first-order chi connectivity index (χ1) is 16.5. The first-order valence-electron chi connectivity index (χ1n) is 12.0. The lowest BCUT2D eigenvalue weighted by Crippen LogP contribution is -2.56. The Labute approximate surface area is 199 Å². The molecule has 34 heavy (non-hydrogen) atoms. The predicted molar refractivity (Wildman–Crippen MR) is 130 cm³/mol. The summed E-state index contributed by atoms with van der Waals surface area (Å²) >= 11 is 0. The molecule has 2 fully saturated rings. The highest BCUT2D eigenvalue weighted by Gasteiger charge is 2.32. The molecule has 1 aliphatic carbocycles. The Morgan fingerprint density at radius 2 is 1.71 bits per heavy atom. The lowest BCUT2D eigenvalue weighted by molar-refractivity contribution is -0.139. The number of likely N-dealkylation sites (tertiary alicyclic amines) is 1. The molecule has 0 N–H and O–H groups in total. The maximum atomic E-state index is 12.6. The zero-order chi connectivity index (χ0) is 23.5. The van der Waals surface area contributed by atoms with Gasteiger partial charge in [0.1, 0.15) is 24.2 Å². The van der Waals surface area contributed by atoms with Crippen molar-refractivity contribution in [1.82, 2.24) is 9.47 Å². The van der Waals surface area contributed by atoms with Gasteiger partial charge in [0.05, 0.1) is 13.1 Å². The molecule has 6 heteroatoms. The molecule has 1 amide bonds. The van der Waals surface area contributed by atoms with Gasteiger partial charge >= 0.3 is 0 Å². The number of hydrogen-bond acceptors (Lipinski definition) is 4. The van der Waals surface area contributed by atoms with E-state index in [-0.39, 0.29) is 17.6 Å². The van der Waals surface area contributed by atoms with Crippen LogP contribution >= 0.6 is 0 Å². The number of benzene rings is 2. The fourth-order valence-corrected chi connectivity index (χ4v) is 4.40. The third-order valence-electron chi connectivity index (χ3n) is 6.42. The van der Waals surface area contributed by atoms with Gasteiger partial charge in [-0.15, -0.1) is 0 Å². The number of nitrogens with zero attached hydrogens (tertiary/aromatic N) is 2. The Bertz CT molecular complexity index is 1210.